The maximum atomic E-state index is 5.71. The topological polar surface area (TPSA) is 28.6 Å². The van der Waals surface area contributed by atoms with Crippen molar-refractivity contribution in [2.24, 2.45) is 11.8 Å². The number of anilines is 1. The van der Waals surface area contributed by atoms with Gasteiger partial charge in [0.15, 0.2) is 0 Å². The summed E-state index contributed by atoms with van der Waals surface area (Å²) >= 11 is 0. The average Bonchev–Trinajstić information content (AvgIpc) is 3.09. The minimum atomic E-state index is 0.239. The zero-order chi connectivity index (χ0) is 29.9. The fourth-order valence-electron chi connectivity index (χ4n) is 7.90. The highest BCUT2D eigenvalue weighted by molar-refractivity contribution is 5.84. The number of methoxy groups -OCH3 is 1. The molecule has 0 radical (unpaired) electrons. The third kappa shape index (κ3) is 5.84. The average molecular weight is 582 g/mol. The molecule has 8 rings (SSSR count). The van der Waals surface area contributed by atoms with Gasteiger partial charge in [0, 0.05) is 48.9 Å². The van der Waals surface area contributed by atoms with Gasteiger partial charge in [0.05, 0.1) is 12.6 Å². The Morgan fingerprint density at radius 2 is 1.61 bits per heavy atom. The molecule has 0 saturated carbocycles. The van der Waals surface area contributed by atoms with Crippen LogP contribution in [-0.2, 0) is 13.1 Å². The summed E-state index contributed by atoms with van der Waals surface area (Å²) in [6.45, 7) is 6.49. The lowest BCUT2D eigenvalue weighted by atomic mass is 9.69. The van der Waals surface area contributed by atoms with Gasteiger partial charge < -0.3 is 9.64 Å². The molecule has 4 heteroatoms. The number of hydrogen-bond donors (Lipinski definition) is 0. The minimum absolute atomic E-state index is 0.239. The van der Waals surface area contributed by atoms with E-state index in [2.05, 4.69) is 120 Å². The van der Waals surface area contributed by atoms with E-state index in [0.717, 1.165) is 36.2 Å². The molecule has 4 nitrogen and oxygen atoms in total. The van der Waals surface area contributed by atoms with E-state index in [4.69, 9.17) is 9.72 Å². The number of hydrogen-bond acceptors (Lipinski definition) is 4. The van der Waals surface area contributed by atoms with E-state index in [1.165, 1.54) is 65.7 Å². The van der Waals surface area contributed by atoms with Crippen molar-refractivity contribution in [2.75, 3.05) is 25.1 Å². The molecule has 1 aromatic heterocycles. The summed E-state index contributed by atoms with van der Waals surface area (Å²) in [5, 5.41) is 1.20. The van der Waals surface area contributed by atoms with Gasteiger partial charge in [-0.15, -0.1) is 0 Å². The van der Waals surface area contributed by atoms with Crippen molar-refractivity contribution in [2.45, 2.75) is 51.2 Å². The van der Waals surface area contributed by atoms with Gasteiger partial charge >= 0.3 is 0 Å². The second-order valence-electron chi connectivity index (χ2n) is 12.7. The van der Waals surface area contributed by atoms with Crippen LogP contribution in [0.3, 0.4) is 0 Å². The number of nitrogens with zero attached hydrogens (tertiary/aromatic N) is 3. The lowest BCUT2D eigenvalue weighted by Crippen LogP contribution is -2.55. The Morgan fingerprint density at radius 1 is 0.864 bits per heavy atom. The normalized spacial score (nSPS) is 21.7. The van der Waals surface area contributed by atoms with Crippen molar-refractivity contribution < 1.29 is 4.74 Å². The van der Waals surface area contributed by atoms with E-state index < -0.39 is 0 Å². The second kappa shape index (κ2) is 12.8. The molecular formula is C40H43N3O. The van der Waals surface area contributed by atoms with Gasteiger partial charge in [0.1, 0.15) is 5.75 Å². The Hall–Kier alpha value is -4.15. The van der Waals surface area contributed by atoms with Crippen molar-refractivity contribution in [1.82, 2.24) is 9.88 Å². The van der Waals surface area contributed by atoms with Crippen molar-refractivity contribution >= 4 is 16.6 Å². The van der Waals surface area contributed by atoms with Crippen LogP contribution in [0.4, 0.5) is 5.69 Å². The summed E-state index contributed by atoms with van der Waals surface area (Å²) in [5.41, 5.74) is 7.67. The number of pyridine rings is 1. The predicted octanol–water partition coefficient (Wildman–Crippen LogP) is 8.70. The van der Waals surface area contributed by atoms with Crippen molar-refractivity contribution in [1.29, 1.82) is 0 Å². The molecule has 4 heterocycles. The predicted molar refractivity (Wildman–Crippen MR) is 181 cm³/mol. The van der Waals surface area contributed by atoms with Crippen LogP contribution in [0.15, 0.2) is 115 Å². The van der Waals surface area contributed by atoms with Gasteiger partial charge in [-0.3, -0.25) is 9.88 Å². The summed E-state index contributed by atoms with van der Waals surface area (Å²) < 4.78 is 5.71. The molecular weight excluding hydrogens is 538 g/mol. The molecule has 3 aliphatic heterocycles. The summed E-state index contributed by atoms with van der Waals surface area (Å²) in [6.07, 6.45) is 5.86. The van der Waals surface area contributed by atoms with Gasteiger partial charge in [-0.25, -0.2) is 0 Å². The maximum absolute atomic E-state index is 5.71. The number of benzene rings is 4. The zero-order valence-corrected chi connectivity index (χ0v) is 26.0. The minimum Gasteiger partial charge on any atom is -0.497 e. The van der Waals surface area contributed by atoms with E-state index in [9.17, 15) is 0 Å². The SMILES string of the molecule is CCC1CN2CCC1C[C@H]2[C@@H](c1cccc(N(Cc2ccccc2)Cc2ccccc2)c1)c1ccnc2ccc(OC)cc12. The van der Waals surface area contributed by atoms with Gasteiger partial charge in [0.25, 0.3) is 0 Å². The van der Waals surface area contributed by atoms with E-state index in [0.29, 0.717) is 6.04 Å². The Bertz CT molecular complexity index is 1650. The lowest BCUT2D eigenvalue weighted by Gasteiger charge is -2.52. The molecule has 0 N–H and O–H groups in total. The maximum Gasteiger partial charge on any atom is 0.119 e. The van der Waals surface area contributed by atoms with E-state index in [-0.39, 0.29) is 5.92 Å². The molecule has 3 fully saturated rings. The molecule has 4 aromatic carbocycles. The molecule has 3 unspecified atom stereocenters. The van der Waals surface area contributed by atoms with Gasteiger partial charge in [-0.05, 0) is 89.9 Å². The van der Waals surface area contributed by atoms with E-state index in [1.54, 1.807) is 7.11 Å². The van der Waals surface area contributed by atoms with Gasteiger partial charge in [0.2, 0.25) is 0 Å². The Morgan fingerprint density at radius 3 is 2.27 bits per heavy atom. The molecule has 224 valence electrons. The van der Waals surface area contributed by atoms with Crippen LogP contribution in [0.25, 0.3) is 10.9 Å². The fraction of sp³-hybridized carbons (Fsp3) is 0.325. The highest BCUT2D eigenvalue weighted by atomic mass is 16.5. The van der Waals surface area contributed by atoms with Crippen molar-refractivity contribution in [3.63, 3.8) is 0 Å². The Kier molecular flexibility index (Phi) is 8.35. The quantitative estimate of drug-likeness (QED) is 0.165. The number of piperidine rings is 3. The van der Waals surface area contributed by atoms with Crippen molar-refractivity contribution in [3.05, 3.63) is 138 Å². The summed E-state index contributed by atoms with van der Waals surface area (Å²) in [4.78, 5) is 10.1. The van der Waals surface area contributed by atoms with Gasteiger partial charge in [-0.1, -0.05) is 86.1 Å². The Labute approximate surface area is 262 Å². The zero-order valence-electron chi connectivity index (χ0n) is 26.0. The molecule has 5 atom stereocenters. The van der Waals surface area contributed by atoms with Crippen LogP contribution < -0.4 is 9.64 Å². The van der Waals surface area contributed by atoms with Crippen molar-refractivity contribution in [3.8, 4) is 5.75 Å². The number of ether oxygens (including phenoxy) is 1. The fourth-order valence-corrected chi connectivity index (χ4v) is 7.90. The van der Waals surface area contributed by atoms with Crippen LogP contribution in [0.1, 0.15) is 54.4 Å². The molecule has 2 bridgehead atoms. The molecule has 0 amide bonds. The largest absolute Gasteiger partial charge is 0.497 e. The summed E-state index contributed by atoms with van der Waals surface area (Å²) in [5.74, 6) is 2.74. The highest BCUT2D eigenvalue weighted by Gasteiger charge is 2.43. The number of rotatable bonds is 10. The second-order valence-corrected chi connectivity index (χ2v) is 12.7. The van der Waals surface area contributed by atoms with Crippen LogP contribution in [-0.4, -0.2) is 36.1 Å². The summed E-state index contributed by atoms with van der Waals surface area (Å²) in [7, 11) is 1.75. The number of aromatic nitrogens is 1. The van der Waals surface area contributed by atoms with E-state index >= 15 is 0 Å². The first-order valence-corrected chi connectivity index (χ1v) is 16.3. The third-order valence-corrected chi connectivity index (χ3v) is 10.2. The molecule has 44 heavy (non-hydrogen) atoms. The summed E-state index contributed by atoms with van der Waals surface area (Å²) in [6, 6.07) is 40.1. The molecule has 0 aliphatic carbocycles. The molecule has 5 aromatic rings. The van der Waals surface area contributed by atoms with Crippen LogP contribution in [0, 0.1) is 11.8 Å². The Balaban J connectivity index is 1.33. The lowest BCUT2D eigenvalue weighted by molar-refractivity contribution is -0.00637. The first kappa shape index (κ1) is 28.6. The van der Waals surface area contributed by atoms with E-state index in [1.807, 2.05) is 12.3 Å². The standard InChI is InChI=1S/C40H43N3O/c1-3-31-28-42-22-20-32(31)24-39(42)40(36-19-21-41-38-18-17-35(44-2)25-37(36)38)33-15-10-16-34(23-33)43(26-29-11-6-4-7-12-29)27-30-13-8-5-9-14-30/h4-19,21,23,25,31-32,39-40H,3,20,22,24,26-28H2,1-2H3/t31?,32?,39-,40-/m0/s1. The first-order chi connectivity index (χ1) is 21.7. The monoisotopic (exact) mass is 581 g/mol. The first-order valence-electron chi connectivity index (χ1n) is 16.3. The third-order valence-electron chi connectivity index (χ3n) is 10.2. The molecule has 3 saturated heterocycles. The van der Waals surface area contributed by atoms with Crippen LogP contribution >= 0.6 is 0 Å². The van der Waals surface area contributed by atoms with Crippen LogP contribution in [0.2, 0.25) is 0 Å². The van der Waals surface area contributed by atoms with Gasteiger partial charge in [-0.2, -0.15) is 0 Å². The highest BCUT2D eigenvalue weighted by Crippen LogP contribution is 2.46. The number of fused-ring (bicyclic) bond motifs is 4. The molecule has 0 spiro atoms. The smallest absolute Gasteiger partial charge is 0.119 e. The van der Waals surface area contributed by atoms with Crippen LogP contribution in [0.5, 0.6) is 5.75 Å². The molecule has 3 aliphatic rings.